The van der Waals surface area contributed by atoms with Crippen LogP contribution in [0.5, 0.6) is 11.5 Å². The van der Waals surface area contributed by atoms with Crippen molar-refractivity contribution >= 4 is 51.8 Å². The molecule has 5 atom stereocenters. The van der Waals surface area contributed by atoms with E-state index in [-0.39, 0.29) is 72.8 Å². The number of carbonyl (C=O) groups excluding carboxylic acids is 7. The molecule has 19 nitrogen and oxygen atoms in total. The maximum Gasteiger partial charge on any atom is 0.316 e. The number of nitrogens with zero attached hydrogens (tertiary/aromatic N) is 1. The Morgan fingerprint density at radius 3 is 1.78 bits per heavy atom. The lowest BCUT2D eigenvalue weighted by atomic mass is 9.93. The number of esters is 1. The second-order valence-electron chi connectivity index (χ2n) is 23.2. The van der Waals surface area contributed by atoms with E-state index in [2.05, 4.69) is 21.3 Å². The number of rotatable bonds is 27. The molecule has 2 aliphatic heterocycles. The first-order valence-electron chi connectivity index (χ1n) is 27.5. The van der Waals surface area contributed by atoms with Crippen molar-refractivity contribution in [3.63, 3.8) is 0 Å². The molecule has 0 aliphatic carbocycles. The van der Waals surface area contributed by atoms with E-state index in [1.54, 1.807) is 58.0 Å². The van der Waals surface area contributed by atoms with Crippen LogP contribution in [0.15, 0.2) is 103 Å². The highest BCUT2D eigenvalue weighted by Gasteiger charge is 2.50. The van der Waals surface area contributed by atoms with E-state index in [0.29, 0.717) is 63.3 Å². The van der Waals surface area contributed by atoms with Gasteiger partial charge in [0.15, 0.2) is 23.8 Å². The van der Waals surface area contributed by atoms with Gasteiger partial charge in [-0.2, -0.15) is 0 Å². The SMILES string of the molecule is CC(C)CC(NC(=O)C(CCc1ccccc1)NC(=O)C[N+]1(Cc2ccc(OC(=O)C(C)(C)C)c(OCc3ccc(C=O)cc3)c2)CCOCC1)C(=O)NC(Cc1ccccc1)C(=O)NC(CC(C)C)C(=O)[C@@]1(C)CO1.CS(=O)(=O)[O-]. The van der Waals surface area contributed by atoms with Crippen molar-refractivity contribution in [2.45, 2.75) is 130 Å². The highest BCUT2D eigenvalue weighted by atomic mass is 32.2. The van der Waals surface area contributed by atoms with Crippen LogP contribution >= 0.6 is 0 Å². The molecular formula is C61H81N5O14S. The summed E-state index contributed by atoms with van der Waals surface area (Å²) in [5.74, 6) is -2.11. The van der Waals surface area contributed by atoms with Crippen molar-refractivity contribution < 1.29 is 70.0 Å². The molecule has 0 radical (unpaired) electrons. The Bertz CT molecular complexity index is 2860. The van der Waals surface area contributed by atoms with Crippen molar-refractivity contribution in [1.82, 2.24) is 21.3 Å². The van der Waals surface area contributed by atoms with Gasteiger partial charge < -0.3 is 49.3 Å². The molecule has 0 spiro atoms. The lowest BCUT2D eigenvalue weighted by Gasteiger charge is -2.41. The Hall–Kier alpha value is -6.84. The highest BCUT2D eigenvalue weighted by molar-refractivity contribution is 7.84. The minimum Gasteiger partial charge on any atom is -0.748 e. The number of Topliss-reactive ketones (excluding diaryl/α,β-unsaturated/α-hetero) is 1. The van der Waals surface area contributed by atoms with Gasteiger partial charge in [-0.25, -0.2) is 8.42 Å². The van der Waals surface area contributed by atoms with Gasteiger partial charge in [-0.3, -0.25) is 33.6 Å². The second-order valence-corrected chi connectivity index (χ2v) is 24.6. The molecule has 4 amide bonds. The van der Waals surface area contributed by atoms with E-state index < -0.39 is 69.0 Å². The second kappa shape index (κ2) is 29.7. The summed E-state index contributed by atoms with van der Waals surface area (Å²) in [6.07, 6.45) is 2.78. The van der Waals surface area contributed by atoms with Gasteiger partial charge in [-0.1, -0.05) is 113 Å². The summed E-state index contributed by atoms with van der Waals surface area (Å²) < 4.78 is 50.9. The van der Waals surface area contributed by atoms with E-state index in [9.17, 15) is 33.6 Å². The highest BCUT2D eigenvalue weighted by Crippen LogP contribution is 2.34. The van der Waals surface area contributed by atoms with E-state index >= 15 is 0 Å². The summed E-state index contributed by atoms with van der Waals surface area (Å²) in [5, 5.41) is 11.9. The fourth-order valence-electron chi connectivity index (χ4n) is 9.11. The lowest BCUT2D eigenvalue weighted by molar-refractivity contribution is -0.940. The minimum absolute atomic E-state index is 0.00369. The van der Waals surface area contributed by atoms with Crippen LogP contribution in [0.4, 0.5) is 0 Å². The average Bonchev–Trinajstić information content (AvgIpc) is 4.19. The van der Waals surface area contributed by atoms with Gasteiger partial charge >= 0.3 is 5.97 Å². The smallest absolute Gasteiger partial charge is 0.316 e. The van der Waals surface area contributed by atoms with Gasteiger partial charge in [0.05, 0.1) is 41.4 Å². The Morgan fingerprint density at radius 1 is 0.704 bits per heavy atom. The summed E-state index contributed by atoms with van der Waals surface area (Å²) in [6.45, 7) is 17.3. The van der Waals surface area contributed by atoms with E-state index in [0.717, 1.165) is 28.5 Å². The van der Waals surface area contributed by atoms with Crippen molar-refractivity contribution in [1.29, 1.82) is 0 Å². The number of aldehydes is 1. The van der Waals surface area contributed by atoms with Crippen LogP contribution in [0.3, 0.4) is 0 Å². The Labute approximate surface area is 476 Å². The third-order valence-corrected chi connectivity index (χ3v) is 13.7. The fraction of sp³-hybridized carbons (Fsp3) is 0.492. The number of ketones is 1. The summed E-state index contributed by atoms with van der Waals surface area (Å²) in [7, 11) is -3.92. The molecule has 440 valence electrons. The zero-order valence-corrected chi connectivity index (χ0v) is 48.9. The molecule has 81 heavy (non-hydrogen) atoms. The molecule has 2 aliphatic rings. The molecule has 0 bridgehead atoms. The molecule has 2 fully saturated rings. The van der Waals surface area contributed by atoms with Crippen LogP contribution in [0.1, 0.15) is 107 Å². The number of hydrogen-bond acceptors (Lipinski definition) is 14. The Kier molecular flexibility index (Phi) is 23.9. The summed E-state index contributed by atoms with van der Waals surface area (Å²) in [4.78, 5) is 95.9. The van der Waals surface area contributed by atoms with Gasteiger partial charge in [0.25, 0.3) is 5.91 Å². The first-order valence-corrected chi connectivity index (χ1v) is 29.3. The standard InChI is InChI=1S/C60H77N5O11.CH4O3S/c1-40(2)31-48(54(68)60(8)39-75-60)62-57(71)50(33-43-17-13-10-14-18-43)64-56(70)49(32-41(3)4)63-55(69)47(25-23-42-15-11-9-12-16-42)61-53(67)36-65(27-29-73-30-28-65)35-46-24-26-51(76-58(72)59(5,6)7)52(34-46)74-38-45-21-19-44(37-66)20-22-45;1-5(2,3)4/h9-22,24,26,34,37,40-41,47-50H,23,25,27-33,35-36,38-39H2,1-8H3,(H3-,61,62,63,64,67,69,70,71);1H3,(H,2,3,4)/t47?,48?,49?,50?,60-;/m1./s1. The van der Waals surface area contributed by atoms with Crippen LogP contribution in [0.25, 0.3) is 0 Å². The first kappa shape index (κ1) is 65.0. The number of nitrogens with one attached hydrogen (secondary N) is 4. The number of epoxide rings is 1. The lowest BCUT2D eigenvalue weighted by Crippen LogP contribution is -2.61. The molecule has 20 heteroatoms. The Balaban J connectivity index is 0.00000230. The normalized spacial score (nSPS) is 17.2. The molecule has 4 aromatic rings. The quantitative estimate of drug-likeness (QED) is 0.0137. The molecule has 4 aromatic carbocycles. The maximum absolute atomic E-state index is 14.7. The molecule has 2 heterocycles. The maximum atomic E-state index is 14.7. The molecule has 0 saturated carbocycles. The number of carbonyl (C=O) groups is 7. The number of morpholine rings is 1. The van der Waals surface area contributed by atoms with Crippen molar-refractivity contribution in [2.24, 2.45) is 17.3 Å². The van der Waals surface area contributed by atoms with E-state index in [4.69, 9.17) is 31.9 Å². The molecule has 6 rings (SSSR count). The first-order chi connectivity index (χ1) is 38.1. The predicted octanol–water partition coefficient (Wildman–Crippen LogP) is 5.80. The molecule has 4 N–H and O–H groups in total. The molecular weight excluding hydrogens is 1060 g/mol. The molecule has 4 unspecified atom stereocenters. The van der Waals surface area contributed by atoms with E-state index in [1.807, 2.05) is 100 Å². The van der Waals surface area contributed by atoms with Gasteiger partial charge in [0.1, 0.15) is 56.3 Å². The predicted molar refractivity (Wildman–Crippen MR) is 304 cm³/mol. The number of benzene rings is 4. The largest absolute Gasteiger partial charge is 0.748 e. The van der Waals surface area contributed by atoms with Gasteiger partial charge in [0, 0.05) is 23.8 Å². The summed E-state index contributed by atoms with van der Waals surface area (Å²) in [6, 6.07) is 27.1. The molecule has 0 aromatic heterocycles. The average molecular weight is 1140 g/mol. The van der Waals surface area contributed by atoms with Crippen LogP contribution in [-0.4, -0.2) is 135 Å². The van der Waals surface area contributed by atoms with Crippen LogP contribution < -0.4 is 30.7 Å². The number of quaternary nitrogens is 1. The van der Waals surface area contributed by atoms with E-state index in [1.165, 1.54) is 0 Å². The van der Waals surface area contributed by atoms with Gasteiger partial charge in [0.2, 0.25) is 17.7 Å². The monoisotopic (exact) mass is 1140 g/mol. The Morgan fingerprint density at radius 2 is 1.22 bits per heavy atom. The van der Waals surface area contributed by atoms with Crippen molar-refractivity contribution in [3.05, 3.63) is 131 Å². The number of hydrogen-bond donors (Lipinski definition) is 4. The number of aryl methyl sites for hydroxylation is 1. The topological polar surface area (TPSA) is 265 Å². The number of ether oxygens (including phenoxy) is 4. The van der Waals surface area contributed by atoms with Gasteiger partial charge in [-0.15, -0.1) is 0 Å². The summed E-state index contributed by atoms with van der Waals surface area (Å²) >= 11 is 0. The summed E-state index contributed by atoms with van der Waals surface area (Å²) in [5.41, 5.74) is 2.12. The minimum atomic E-state index is -3.92. The van der Waals surface area contributed by atoms with Crippen LogP contribution in [-0.2, 0) is 74.4 Å². The van der Waals surface area contributed by atoms with Crippen molar-refractivity contribution in [3.8, 4) is 11.5 Å². The van der Waals surface area contributed by atoms with Gasteiger partial charge in [-0.05, 0) is 100 Å². The third kappa shape index (κ3) is 22.2. The molecule has 2 saturated heterocycles. The zero-order valence-electron chi connectivity index (χ0n) is 48.1. The van der Waals surface area contributed by atoms with Crippen LogP contribution in [0, 0.1) is 17.3 Å². The fourth-order valence-corrected chi connectivity index (χ4v) is 9.11. The van der Waals surface area contributed by atoms with Crippen molar-refractivity contribution in [2.75, 3.05) is 45.7 Å². The van der Waals surface area contributed by atoms with Crippen LogP contribution in [0.2, 0.25) is 0 Å². The third-order valence-electron chi connectivity index (χ3n) is 13.7. The number of amides is 4. The zero-order chi connectivity index (χ0) is 59.5.